The van der Waals surface area contributed by atoms with E-state index in [2.05, 4.69) is 15.9 Å². The molecule has 0 N–H and O–H groups in total. The van der Waals surface area contributed by atoms with Crippen LogP contribution in [0.1, 0.15) is 32.3 Å². The molecule has 2 rings (SSSR count). The molecule has 0 atom stereocenters. The Balaban J connectivity index is 2.46. The van der Waals surface area contributed by atoms with Crippen LogP contribution < -0.4 is 0 Å². The van der Waals surface area contributed by atoms with Crippen LogP contribution in [0.4, 0.5) is 0 Å². The minimum Gasteiger partial charge on any atom is -0.207 e. The van der Waals surface area contributed by atoms with Crippen molar-refractivity contribution in [2.24, 2.45) is 0 Å². The molecule has 1 aromatic carbocycles. The maximum absolute atomic E-state index is 12.7. The van der Waals surface area contributed by atoms with Gasteiger partial charge in [-0.25, -0.2) is 8.42 Å². The van der Waals surface area contributed by atoms with Crippen molar-refractivity contribution in [2.75, 3.05) is 6.54 Å². The first-order valence-electron chi connectivity index (χ1n) is 6.16. The van der Waals surface area contributed by atoms with Crippen molar-refractivity contribution >= 4 is 37.6 Å². The predicted molar refractivity (Wildman–Crippen MR) is 80.9 cm³/mol. The number of halogens is 2. The molecule has 0 aromatic heterocycles. The Morgan fingerprint density at radius 1 is 1.42 bits per heavy atom. The van der Waals surface area contributed by atoms with Crippen molar-refractivity contribution in [2.45, 2.75) is 43.0 Å². The Bertz CT molecular complexity index is 586. The van der Waals surface area contributed by atoms with E-state index < -0.39 is 10.0 Å². The Kier molecular flexibility index (Phi) is 4.31. The standard InChI is InChI=1S/C13H17BrClNO2S/c1-13(2)6-3-7-16(13)19(17,18)12-5-4-10(9-15)8-11(12)14/h4-5,8H,3,6-7,9H2,1-2H3. The van der Waals surface area contributed by atoms with Crippen LogP contribution in [0, 0.1) is 0 Å². The van der Waals surface area contributed by atoms with E-state index in [0.29, 0.717) is 21.8 Å². The summed E-state index contributed by atoms with van der Waals surface area (Å²) in [5.41, 5.74) is 0.580. The number of benzene rings is 1. The highest BCUT2D eigenvalue weighted by Gasteiger charge is 2.41. The molecule has 3 nitrogen and oxygen atoms in total. The molecular weight excluding hydrogens is 350 g/mol. The first-order valence-corrected chi connectivity index (χ1v) is 8.93. The topological polar surface area (TPSA) is 37.4 Å². The highest BCUT2D eigenvalue weighted by atomic mass is 79.9. The molecule has 1 aromatic rings. The molecule has 6 heteroatoms. The minimum atomic E-state index is -3.46. The van der Waals surface area contributed by atoms with Gasteiger partial charge in [0.1, 0.15) is 0 Å². The summed E-state index contributed by atoms with van der Waals surface area (Å²) in [7, 11) is -3.46. The second-order valence-electron chi connectivity index (χ2n) is 5.39. The molecule has 1 aliphatic rings. The number of rotatable bonds is 3. The molecule has 106 valence electrons. The quantitative estimate of drug-likeness (QED) is 0.764. The lowest BCUT2D eigenvalue weighted by atomic mass is 10.0. The lowest BCUT2D eigenvalue weighted by Crippen LogP contribution is -2.42. The fraction of sp³-hybridized carbons (Fsp3) is 0.538. The van der Waals surface area contributed by atoms with Crippen LogP contribution in [-0.2, 0) is 15.9 Å². The molecule has 0 saturated carbocycles. The summed E-state index contributed by atoms with van der Waals surface area (Å²) < 4.78 is 27.6. The monoisotopic (exact) mass is 365 g/mol. The van der Waals surface area contributed by atoms with Crippen LogP contribution in [-0.4, -0.2) is 24.8 Å². The van der Waals surface area contributed by atoms with Crippen molar-refractivity contribution < 1.29 is 8.42 Å². The molecule has 0 unspecified atom stereocenters. The van der Waals surface area contributed by atoms with Gasteiger partial charge < -0.3 is 0 Å². The van der Waals surface area contributed by atoms with Gasteiger partial charge in [0.15, 0.2) is 0 Å². The third-order valence-corrected chi connectivity index (χ3v) is 6.94. The summed E-state index contributed by atoms with van der Waals surface area (Å²) in [6.07, 6.45) is 1.80. The number of hydrogen-bond donors (Lipinski definition) is 0. The van der Waals surface area contributed by atoms with Gasteiger partial charge in [-0.1, -0.05) is 6.07 Å². The van der Waals surface area contributed by atoms with Gasteiger partial charge in [-0.15, -0.1) is 11.6 Å². The summed E-state index contributed by atoms with van der Waals surface area (Å²) >= 11 is 9.10. The number of sulfonamides is 1. The molecular formula is C13H17BrClNO2S. The summed E-state index contributed by atoms with van der Waals surface area (Å²) in [4.78, 5) is 0.316. The Labute approximate surface area is 128 Å². The summed E-state index contributed by atoms with van der Waals surface area (Å²) in [5.74, 6) is 0.369. The molecule has 1 fully saturated rings. The minimum absolute atomic E-state index is 0.316. The SMILES string of the molecule is CC1(C)CCCN1S(=O)(=O)c1ccc(CCl)cc1Br. The van der Waals surface area contributed by atoms with Crippen LogP contribution in [0.5, 0.6) is 0 Å². The van der Waals surface area contributed by atoms with Crippen molar-refractivity contribution in [1.82, 2.24) is 4.31 Å². The van der Waals surface area contributed by atoms with Crippen LogP contribution in [0.2, 0.25) is 0 Å². The smallest absolute Gasteiger partial charge is 0.207 e. The van der Waals surface area contributed by atoms with E-state index in [4.69, 9.17) is 11.6 Å². The molecule has 0 aliphatic carbocycles. The third kappa shape index (κ3) is 2.84. The Morgan fingerprint density at radius 3 is 2.58 bits per heavy atom. The second-order valence-corrected chi connectivity index (χ2v) is 8.34. The van der Waals surface area contributed by atoms with Crippen LogP contribution in [0.25, 0.3) is 0 Å². The first-order chi connectivity index (χ1) is 8.79. The lowest BCUT2D eigenvalue weighted by Gasteiger charge is -2.30. The van der Waals surface area contributed by atoms with E-state index in [1.165, 1.54) is 0 Å². The van der Waals surface area contributed by atoms with Gasteiger partial charge in [-0.05, 0) is 60.3 Å². The maximum Gasteiger partial charge on any atom is 0.244 e. The zero-order chi connectivity index (χ0) is 14.3. The van der Waals surface area contributed by atoms with Gasteiger partial charge in [0.25, 0.3) is 0 Å². The highest BCUT2D eigenvalue weighted by molar-refractivity contribution is 9.10. The molecule has 1 aliphatic heterocycles. The van der Waals surface area contributed by atoms with E-state index in [1.807, 2.05) is 13.8 Å². The normalized spacial score (nSPS) is 19.8. The molecule has 19 heavy (non-hydrogen) atoms. The van der Waals surface area contributed by atoms with Crippen LogP contribution >= 0.6 is 27.5 Å². The molecule has 0 spiro atoms. The van der Waals surface area contributed by atoms with Gasteiger partial charge in [0.05, 0.1) is 4.90 Å². The molecule has 0 bridgehead atoms. The number of nitrogens with zero attached hydrogens (tertiary/aromatic N) is 1. The number of alkyl halides is 1. The van der Waals surface area contributed by atoms with E-state index in [9.17, 15) is 8.42 Å². The fourth-order valence-electron chi connectivity index (χ4n) is 2.48. The predicted octanol–water partition coefficient (Wildman–Crippen LogP) is 3.75. The van der Waals surface area contributed by atoms with Gasteiger partial charge in [0.2, 0.25) is 10.0 Å². The van der Waals surface area contributed by atoms with Crippen molar-refractivity contribution in [3.05, 3.63) is 28.2 Å². The van der Waals surface area contributed by atoms with Gasteiger partial charge in [-0.3, -0.25) is 0 Å². The molecule has 1 saturated heterocycles. The Hall–Kier alpha value is -0.100. The van der Waals surface area contributed by atoms with Crippen LogP contribution in [0.15, 0.2) is 27.6 Å². The zero-order valence-corrected chi connectivity index (χ0v) is 14.1. The molecule has 0 radical (unpaired) electrons. The number of hydrogen-bond acceptors (Lipinski definition) is 2. The highest BCUT2D eigenvalue weighted by Crippen LogP contribution is 2.36. The molecule has 1 heterocycles. The molecule has 0 amide bonds. The maximum atomic E-state index is 12.7. The van der Waals surface area contributed by atoms with E-state index in [1.54, 1.807) is 22.5 Å². The van der Waals surface area contributed by atoms with Gasteiger partial charge >= 0.3 is 0 Å². The van der Waals surface area contributed by atoms with Crippen molar-refractivity contribution in [3.63, 3.8) is 0 Å². The summed E-state index contributed by atoms with van der Waals surface area (Å²) in [6.45, 7) is 4.52. The average molecular weight is 367 g/mol. The summed E-state index contributed by atoms with van der Waals surface area (Å²) in [6, 6.07) is 5.15. The fourth-order valence-corrected chi connectivity index (χ4v) is 5.58. The lowest BCUT2D eigenvalue weighted by molar-refractivity contribution is 0.291. The van der Waals surface area contributed by atoms with Gasteiger partial charge in [-0.2, -0.15) is 4.31 Å². The first kappa shape index (κ1) is 15.3. The van der Waals surface area contributed by atoms with E-state index in [-0.39, 0.29) is 5.54 Å². The average Bonchev–Trinajstić information content (AvgIpc) is 2.69. The third-order valence-electron chi connectivity index (χ3n) is 3.54. The van der Waals surface area contributed by atoms with Crippen LogP contribution in [0.3, 0.4) is 0 Å². The summed E-state index contributed by atoms with van der Waals surface area (Å²) in [5, 5.41) is 0. The van der Waals surface area contributed by atoms with Gasteiger partial charge in [0, 0.05) is 22.4 Å². The largest absolute Gasteiger partial charge is 0.244 e. The van der Waals surface area contributed by atoms with Crippen molar-refractivity contribution in [1.29, 1.82) is 0 Å². The van der Waals surface area contributed by atoms with Crippen molar-refractivity contribution in [3.8, 4) is 0 Å². The Morgan fingerprint density at radius 2 is 2.11 bits per heavy atom. The van der Waals surface area contributed by atoms with E-state index in [0.717, 1.165) is 18.4 Å². The second kappa shape index (κ2) is 5.35. The van der Waals surface area contributed by atoms with E-state index >= 15 is 0 Å². The zero-order valence-electron chi connectivity index (χ0n) is 11.0.